The van der Waals surface area contributed by atoms with E-state index >= 15 is 0 Å². The maximum absolute atomic E-state index is 6.02. The number of nitrogens with one attached hydrogen (secondary N) is 2. The third-order valence-corrected chi connectivity index (χ3v) is 6.00. The molecule has 1 saturated heterocycles. The first-order valence-corrected chi connectivity index (χ1v) is 11.8. The van der Waals surface area contributed by atoms with Gasteiger partial charge in [-0.25, -0.2) is 0 Å². The van der Waals surface area contributed by atoms with Crippen LogP contribution in [0.4, 0.5) is 11.8 Å². The summed E-state index contributed by atoms with van der Waals surface area (Å²) in [6.07, 6.45) is 2.37. The maximum Gasteiger partial charge on any atom is 0.234 e. The molecule has 9 heteroatoms. The Labute approximate surface area is 204 Å². The van der Waals surface area contributed by atoms with Crippen LogP contribution in [0.5, 0.6) is 23.1 Å². The minimum Gasteiger partial charge on any atom is -0.454 e. The number of nitrogens with zero attached hydrogens (tertiary/aromatic N) is 3. The number of fused-ring (bicyclic) bond motifs is 1. The Balaban J connectivity index is 1.30. The van der Waals surface area contributed by atoms with Crippen LogP contribution in [0.3, 0.4) is 0 Å². The molecule has 2 N–H and O–H groups in total. The molecular weight excluding hydrogens is 450 g/mol. The lowest BCUT2D eigenvalue weighted by Crippen LogP contribution is -2.35. The first-order valence-electron chi connectivity index (χ1n) is 11.4. The van der Waals surface area contributed by atoms with E-state index in [1.165, 1.54) is 6.42 Å². The molecule has 1 fully saturated rings. The van der Waals surface area contributed by atoms with E-state index in [4.69, 9.17) is 31.4 Å². The van der Waals surface area contributed by atoms with Crippen molar-refractivity contribution in [3.8, 4) is 23.1 Å². The summed E-state index contributed by atoms with van der Waals surface area (Å²) in [5.41, 5.74) is 1.03. The van der Waals surface area contributed by atoms with Gasteiger partial charge in [0, 0.05) is 25.7 Å². The molecule has 1 aromatic heterocycles. The number of benzene rings is 2. The number of hydrogen-bond acceptors (Lipinski definition) is 7. The number of anilines is 2. The molecule has 5 rings (SSSR count). The Morgan fingerprint density at radius 1 is 1.12 bits per heavy atom. The largest absolute Gasteiger partial charge is 0.454 e. The zero-order chi connectivity index (χ0) is 23.3. The van der Waals surface area contributed by atoms with Gasteiger partial charge >= 0.3 is 0 Å². The fraction of sp³-hybridized carbons (Fsp3) is 0.320. The third-order valence-electron chi connectivity index (χ3n) is 5.75. The van der Waals surface area contributed by atoms with Gasteiger partial charge in [0.1, 0.15) is 11.6 Å². The Morgan fingerprint density at radius 3 is 2.82 bits per heavy atom. The van der Waals surface area contributed by atoms with Gasteiger partial charge in [-0.1, -0.05) is 31.2 Å². The Hall–Kier alpha value is -3.59. The fourth-order valence-electron chi connectivity index (χ4n) is 4.07. The zero-order valence-corrected chi connectivity index (χ0v) is 19.8. The summed E-state index contributed by atoms with van der Waals surface area (Å²) >= 11 is 5.51. The van der Waals surface area contributed by atoms with Crippen molar-refractivity contribution < 1.29 is 14.2 Å². The summed E-state index contributed by atoms with van der Waals surface area (Å²) in [6, 6.07) is 17.3. The number of hydrogen-bond donors (Lipinski definition) is 2. The lowest BCUT2D eigenvalue weighted by atomic mass is 10.0. The molecule has 1 unspecified atom stereocenters. The summed E-state index contributed by atoms with van der Waals surface area (Å²) in [5.74, 6) is 4.52. The van der Waals surface area contributed by atoms with Crippen LogP contribution in [0.2, 0.25) is 0 Å². The Morgan fingerprint density at radius 2 is 1.97 bits per heavy atom. The number of rotatable bonds is 6. The highest BCUT2D eigenvalue weighted by atomic mass is 32.1. The monoisotopic (exact) mass is 477 g/mol. The maximum atomic E-state index is 6.02. The van der Waals surface area contributed by atoms with Crippen molar-refractivity contribution in [1.29, 1.82) is 0 Å². The zero-order valence-electron chi connectivity index (χ0n) is 19.0. The van der Waals surface area contributed by atoms with E-state index in [0.29, 0.717) is 35.2 Å². The Kier molecular flexibility index (Phi) is 6.62. The van der Waals surface area contributed by atoms with Gasteiger partial charge in [0.2, 0.25) is 18.6 Å². The summed E-state index contributed by atoms with van der Waals surface area (Å²) in [5, 5.41) is 6.74. The van der Waals surface area contributed by atoms with Crippen molar-refractivity contribution >= 4 is 29.1 Å². The second-order valence-electron chi connectivity index (χ2n) is 8.49. The van der Waals surface area contributed by atoms with Crippen LogP contribution in [0, 0.1) is 5.92 Å². The fourth-order valence-corrected chi connectivity index (χ4v) is 4.23. The third kappa shape index (κ3) is 5.48. The first-order chi connectivity index (χ1) is 16.6. The molecule has 2 aliphatic heterocycles. The molecule has 0 saturated carbocycles. The summed E-state index contributed by atoms with van der Waals surface area (Å²) in [6.45, 7) is 4.96. The van der Waals surface area contributed by atoms with E-state index in [1.54, 1.807) is 0 Å². The van der Waals surface area contributed by atoms with Gasteiger partial charge in [0.25, 0.3) is 0 Å². The van der Waals surface area contributed by atoms with Crippen LogP contribution in [0.1, 0.15) is 25.3 Å². The molecule has 0 radical (unpaired) electrons. The second kappa shape index (κ2) is 10.1. The lowest BCUT2D eigenvalue weighted by molar-refractivity contribution is 0.174. The summed E-state index contributed by atoms with van der Waals surface area (Å²) in [4.78, 5) is 11.6. The molecule has 2 aromatic carbocycles. The Bertz CT molecular complexity index is 1160. The summed E-state index contributed by atoms with van der Waals surface area (Å²) < 4.78 is 16.8. The van der Waals surface area contributed by atoms with Crippen molar-refractivity contribution in [1.82, 2.24) is 15.3 Å². The van der Waals surface area contributed by atoms with E-state index < -0.39 is 0 Å². The second-order valence-corrected chi connectivity index (χ2v) is 8.90. The molecule has 8 nitrogen and oxygen atoms in total. The van der Waals surface area contributed by atoms with Gasteiger partial charge in [-0.3, -0.25) is 0 Å². The van der Waals surface area contributed by atoms with Crippen molar-refractivity contribution in [2.75, 3.05) is 30.1 Å². The van der Waals surface area contributed by atoms with Crippen LogP contribution in [0.25, 0.3) is 0 Å². The highest BCUT2D eigenvalue weighted by Gasteiger charge is 2.20. The van der Waals surface area contributed by atoms with Gasteiger partial charge in [-0.05, 0) is 60.8 Å². The number of ether oxygens (including phenoxy) is 3. The molecule has 0 amide bonds. The van der Waals surface area contributed by atoms with Gasteiger partial charge < -0.3 is 29.7 Å². The van der Waals surface area contributed by atoms with Gasteiger partial charge in [0.15, 0.2) is 16.6 Å². The number of aromatic nitrogens is 2. The molecule has 34 heavy (non-hydrogen) atoms. The first kappa shape index (κ1) is 22.2. The average Bonchev–Trinajstić information content (AvgIpc) is 3.31. The molecule has 2 aliphatic rings. The number of para-hydroxylation sites is 1. The van der Waals surface area contributed by atoms with Crippen molar-refractivity contribution in [3.63, 3.8) is 0 Å². The van der Waals surface area contributed by atoms with Crippen LogP contribution >= 0.6 is 12.2 Å². The van der Waals surface area contributed by atoms with E-state index in [2.05, 4.69) is 27.4 Å². The van der Waals surface area contributed by atoms with E-state index in [9.17, 15) is 0 Å². The lowest BCUT2D eigenvalue weighted by Gasteiger charge is -2.32. The van der Waals surface area contributed by atoms with Gasteiger partial charge in [-0.15, -0.1) is 0 Å². The molecule has 0 aliphatic carbocycles. The summed E-state index contributed by atoms with van der Waals surface area (Å²) in [7, 11) is 0. The smallest absolute Gasteiger partial charge is 0.234 e. The molecule has 176 valence electrons. The SMILES string of the molecule is CC1CCCN(c2cc(Oc3ccccc3)nc(NC(=S)NCc3ccc4c(c3)OCO4)n2)C1. The predicted molar refractivity (Wildman–Crippen MR) is 135 cm³/mol. The minimum atomic E-state index is 0.253. The number of piperidine rings is 1. The van der Waals surface area contributed by atoms with Crippen molar-refractivity contribution in [3.05, 3.63) is 60.2 Å². The normalized spacial score (nSPS) is 16.7. The van der Waals surface area contributed by atoms with Crippen LogP contribution in [-0.2, 0) is 6.54 Å². The van der Waals surface area contributed by atoms with Crippen LogP contribution in [-0.4, -0.2) is 35.0 Å². The van der Waals surface area contributed by atoms with Crippen LogP contribution in [0.15, 0.2) is 54.6 Å². The number of thiocarbonyl (C=S) groups is 1. The highest BCUT2D eigenvalue weighted by molar-refractivity contribution is 7.80. The average molecular weight is 478 g/mol. The minimum absolute atomic E-state index is 0.253. The van der Waals surface area contributed by atoms with E-state index in [-0.39, 0.29) is 6.79 Å². The molecule has 1 atom stereocenters. The topological polar surface area (TPSA) is 80.8 Å². The quantitative estimate of drug-likeness (QED) is 0.490. The molecule has 0 spiro atoms. The predicted octanol–water partition coefficient (Wildman–Crippen LogP) is 4.72. The highest BCUT2D eigenvalue weighted by Crippen LogP contribution is 2.32. The molecule has 3 aromatic rings. The van der Waals surface area contributed by atoms with Gasteiger partial charge in [-0.2, -0.15) is 9.97 Å². The van der Waals surface area contributed by atoms with Crippen molar-refractivity contribution in [2.24, 2.45) is 5.92 Å². The van der Waals surface area contributed by atoms with Crippen molar-refractivity contribution in [2.45, 2.75) is 26.3 Å². The van der Waals surface area contributed by atoms with Gasteiger partial charge in [0.05, 0.1) is 0 Å². The standard InChI is InChI=1S/C25H27N5O3S/c1-17-6-5-11-30(15-17)22-13-23(33-19-7-3-2-4-8-19)28-24(27-22)29-25(34)26-14-18-9-10-20-21(12-18)32-16-31-20/h2-4,7-10,12-13,17H,5-6,11,14-16H2,1H3,(H2,26,27,28,29,34). The van der Waals surface area contributed by atoms with E-state index in [1.807, 2.05) is 54.6 Å². The van der Waals surface area contributed by atoms with E-state index in [0.717, 1.165) is 42.4 Å². The molecule has 0 bridgehead atoms. The molecule has 3 heterocycles. The molecular formula is C25H27N5O3S. The van der Waals surface area contributed by atoms with Crippen LogP contribution < -0.4 is 29.7 Å².